The highest BCUT2D eigenvalue weighted by Gasteiger charge is 2.19. The van der Waals surface area contributed by atoms with Gasteiger partial charge in [0.1, 0.15) is 5.78 Å². The summed E-state index contributed by atoms with van der Waals surface area (Å²) in [5, 5.41) is 0. The molecule has 0 atom stereocenters. The fourth-order valence-corrected chi connectivity index (χ4v) is 2.55. The molecule has 94 valence electrons. The maximum atomic E-state index is 11.2. The van der Waals surface area contributed by atoms with Crippen LogP contribution in [0.1, 0.15) is 31.2 Å². The highest BCUT2D eigenvalue weighted by molar-refractivity contribution is 5.79. The Labute approximate surface area is 103 Å². The Morgan fingerprint density at radius 1 is 1.41 bits per heavy atom. The van der Waals surface area contributed by atoms with E-state index in [1.165, 1.54) is 5.56 Å². The number of rotatable bonds is 5. The van der Waals surface area contributed by atoms with Crippen LogP contribution in [0.25, 0.3) is 0 Å². The van der Waals surface area contributed by atoms with Gasteiger partial charge in [-0.2, -0.15) is 0 Å². The predicted molar refractivity (Wildman–Crippen MR) is 69.0 cm³/mol. The largest absolute Gasteiger partial charge is 0.367 e. The van der Waals surface area contributed by atoms with Crippen LogP contribution < -0.4 is 0 Å². The average molecular weight is 234 g/mol. The summed E-state index contributed by atoms with van der Waals surface area (Å²) < 4.78 is 0. The van der Waals surface area contributed by atoms with E-state index in [2.05, 4.69) is 29.2 Å². The molecule has 1 aliphatic rings. The molecule has 1 saturated carbocycles. The summed E-state index contributed by atoms with van der Waals surface area (Å²) in [7, 11) is 2.18. The molecule has 1 aromatic rings. The van der Waals surface area contributed by atoms with Crippen LogP contribution in [0.3, 0.4) is 0 Å². The van der Waals surface area contributed by atoms with Crippen molar-refractivity contribution in [1.82, 2.24) is 9.88 Å². The summed E-state index contributed by atoms with van der Waals surface area (Å²) in [6, 6.07) is 2.13. The predicted octanol–water partition coefficient (Wildman–Crippen LogP) is 2.25. The van der Waals surface area contributed by atoms with Gasteiger partial charge in [-0.1, -0.05) is 0 Å². The van der Waals surface area contributed by atoms with Gasteiger partial charge >= 0.3 is 0 Å². The number of ketones is 1. The van der Waals surface area contributed by atoms with E-state index >= 15 is 0 Å². The molecule has 0 aliphatic heterocycles. The van der Waals surface area contributed by atoms with E-state index in [-0.39, 0.29) is 0 Å². The second-order valence-electron chi connectivity index (χ2n) is 5.21. The molecule has 0 aromatic carbocycles. The molecule has 1 heterocycles. The van der Waals surface area contributed by atoms with E-state index in [0.29, 0.717) is 5.78 Å². The molecule has 0 amide bonds. The average Bonchev–Trinajstić information content (AvgIpc) is 2.83. The first-order valence-electron chi connectivity index (χ1n) is 6.56. The summed E-state index contributed by atoms with van der Waals surface area (Å²) in [6.07, 6.45) is 8.92. The standard InChI is InChI=1S/C14H22N2O/c1-16(9-7-12-6-8-15-10-12)11-13-2-4-14(17)5-3-13/h6,8,10,13,15H,2-5,7,9,11H2,1H3. The molecule has 3 nitrogen and oxygen atoms in total. The number of aromatic nitrogens is 1. The molecule has 1 aliphatic carbocycles. The zero-order valence-corrected chi connectivity index (χ0v) is 10.6. The summed E-state index contributed by atoms with van der Waals surface area (Å²) in [5.74, 6) is 1.18. The van der Waals surface area contributed by atoms with Crippen LogP contribution in [-0.4, -0.2) is 35.8 Å². The van der Waals surface area contributed by atoms with Crippen LogP contribution in [0.15, 0.2) is 18.5 Å². The van der Waals surface area contributed by atoms with Crippen molar-refractivity contribution in [1.29, 1.82) is 0 Å². The van der Waals surface area contributed by atoms with E-state index in [0.717, 1.165) is 51.1 Å². The van der Waals surface area contributed by atoms with Crippen LogP contribution in [0.5, 0.6) is 0 Å². The Hall–Kier alpha value is -1.09. The monoisotopic (exact) mass is 234 g/mol. The Morgan fingerprint density at radius 2 is 2.18 bits per heavy atom. The molecular formula is C14H22N2O. The molecule has 1 fully saturated rings. The lowest BCUT2D eigenvalue weighted by atomic mass is 9.88. The van der Waals surface area contributed by atoms with Gasteiger partial charge in [0.05, 0.1) is 0 Å². The number of likely N-dealkylation sites (N-methyl/N-ethyl adjacent to an activating group) is 1. The second-order valence-corrected chi connectivity index (χ2v) is 5.21. The number of Topliss-reactive ketones (excluding diaryl/α,β-unsaturated/α-hetero) is 1. The van der Waals surface area contributed by atoms with Crippen LogP contribution >= 0.6 is 0 Å². The third kappa shape index (κ3) is 4.00. The Balaban J connectivity index is 1.66. The van der Waals surface area contributed by atoms with Crippen molar-refractivity contribution in [2.24, 2.45) is 5.92 Å². The molecule has 3 heteroatoms. The summed E-state index contributed by atoms with van der Waals surface area (Å²) in [4.78, 5) is 16.6. The number of nitrogens with zero attached hydrogens (tertiary/aromatic N) is 1. The second kappa shape index (κ2) is 6.01. The zero-order valence-electron chi connectivity index (χ0n) is 10.6. The molecular weight excluding hydrogens is 212 g/mol. The minimum absolute atomic E-state index is 0.455. The van der Waals surface area contributed by atoms with Crippen molar-refractivity contribution in [3.05, 3.63) is 24.0 Å². The number of H-pyrrole nitrogens is 1. The van der Waals surface area contributed by atoms with Crippen LogP contribution in [0.2, 0.25) is 0 Å². The molecule has 0 saturated heterocycles. The lowest BCUT2D eigenvalue weighted by Crippen LogP contribution is -2.30. The van der Waals surface area contributed by atoms with Gasteiger partial charge in [-0.25, -0.2) is 0 Å². The first-order valence-corrected chi connectivity index (χ1v) is 6.56. The van der Waals surface area contributed by atoms with E-state index in [1.807, 2.05) is 6.20 Å². The van der Waals surface area contributed by atoms with Gasteiger partial charge in [-0.3, -0.25) is 4.79 Å². The van der Waals surface area contributed by atoms with Gasteiger partial charge in [-0.05, 0) is 43.9 Å². The minimum atomic E-state index is 0.455. The van der Waals surface area contributed by atoms with Crippen molar-refractivity contribution in [2.75, 3.05) is 20.1 Å². The number of carbonyl (C=O) groups excluding carboxylic acids is 1. The van der Waals surface area contributed by atoms with E-state index in [1.54, 1.807) is 0 Å². The van der Waals surface area contributed by atoms with E-state index in [9.17, 15) is 4.79 Å². The van der Waals surface area contributed by atoms with E-state index < -0.39 is 0 Å². The summed E-state index contributed by atoms with van der Waals surface area (Å²) in [6.45, 7) is 2.24. The SMILES string of the molecule is CN(CCc1cc[nH]c1)CC1CCC(=O)CC1. The summed E-state index contributed by atoms with van der Waals surface area (Å²) >= 11 is 0. The van der Waals surface area contributed by atoms with Crippen LogP contribution in [0, 0.1) is 5.92 Å². The number of nitrogens with one attached hydrogen (secondary N) is 1. The molecule has 2 rings (SSSR count). The first-order chi connectivity index (χ1) is 8.24. The molecule has 0 unspecified atom stereocenters. The molecule has 0 bridgehead atoms. The number of hydrogen-bond acceptors (Lipinski definition) is 2. The lowest BCUT2D eigenvalue weighted by molar-refractivity contribution is -0.121. The van der Waals surface area contributed by atoms with Crippen molar-refractivity contribution < 1.29 is 4.79 Å². The number of carbonyl (C=O) groups is 1. The Morgan fingerprint density at radius 3 is 2.82 bits per heavy atom. The minimum Gasteiger partial charge on any atom is -0.367 e. The van der Waals surface area contributed by atoms with Crippen molar-refractivity contribution in [3.63, 3.8) is 0 Å². The topological polar surface area (TPSA) is 36.1 Å². The first kappa shape index (κ1) is 12.4. The molecule has 0 radical (unpaired) electrons. The van der Waals surface area contributed by atoms with Gasteiger partial charge in [0, 0.05) is 38.3 Å². The smallest absolute Gasteiger partial charge is 0.132 e. The van der Waals surface area contributed by atoms with Gasteiger partial charge in [0.25, 0.3) is 0 Å². The third-order valence-electron chi connectivity index (χ3n) is 3.68. The van der Waals surface area contributed by atoms with Gasteiger partial charge < -0.3 is 9.88 Å². The molecule has 0 spiro atoms. The number of hydrogen-bond donors (Lipinski definition) is 1. The van der Waals surface area contributed by atoms with Gasteiger partial charge in [0.15, 0.2) is 0 Å². The fourth-order valence-electron chi connectivity index (χ4n) is 2.55. The Kier molecular flexibility index (Phi) is 4.37. The zero-order chi connectivity index (χ0) is 12.1. The molecule has 1 aromatic heterocycles. The number of aromatic amines is 1. The Bertz CT molecular complexity index is 335. The van der Waals surface area contributed by atoms with Crippen molar-refractivity contribution in [2.45, 2.75) is 32.1 Å². The van der Waals surface area contributed by atoms with Crippen molar-refractivity contribution in [3.8, 4) is 0 Å². The maximum absolute atomic E-state index is 11.2. The third-order valence-corrected chi connectivity index (χ3v) is 3.68. The van der Waals surface area contributed by atoms with Gasteiger partial charge in [-0.15, -0.1) is 0 Å². The highest BCUT2D eigenvalue weighted by Crippen LogP contribution is 2.22. The quantitative estimate of drug-likeness (QED) is 0.848. The summed E-state index contributed by atoms with van der Waals surface area (Å²) in [5.41, 5.74) is 1.37. The maximum Gasteiger partial charge on any atom is 0.132 e. The lowest BCUT2D eigenvalue weighted by Gasteiger charge is -2.26. The molecule has 1 N–H and O–H groups in total. The van der Waals surface area contributed by atoms with E-state index in [4.69, 9.17) is 0 Å². The van der Waals surface area contributed by atoms with Crippen LogP contribution in [0.4, 0.5) is 0 Å². The highest BCUT2D eigenvalue weighted by atomic mass is 16.1. The van der Waals surface area contributed by atoms with Crippen LogP contribution in [-0.2, 0) is 11.2 Å². The fraction of sp³-hybridized carbons (Fsp3) is 0.643. The van der Waals surface area contributed by atoms with Gasteiger partial charge in [0.2, 0.25) is 0 Å². The normalized spacial score (nSPS) is 17.9. The molecule has 17 heavy (non-hydrogen) atoms. The van der Waals surface area contributed by atoms with Crippen molar-refractivity contribution >= 4 is 5.78 Å².